The molecule has 21 heavy (non-hydrogen) atoms. The fourth-order valence-corrected chi connectivity index (χ4v) is 2.17. The predicted molar refractivity (Wildman–Crippen MR) is 82.9 cm³/mol. The molecule has 2 aromatic carbocycles. The number of carbonyl (C=O) groups is 1. The van der Waals surface area contributed by atoms with E-state index in [0.29, 0.717) is 12.2 Å². The predicted octanol–water partition coefficient (Wildman–Crippen LogP) is 3.69. The van der Waals surface area contributed by atoms with E-state index in [1.807, 2.05) is 63.2 Å². The molecule has 2 rings (SSSR count). The third kappa shape index (κ3) is 3.85. The van der Waals surface area contributed by atoms with E-state index in [4.69, 9.17) is 4.74 Å². The first-order chi connectivity index (χ1) is 9.97. The molecule has 0 aliphatic rings. The molecule has 2 aromatic rings. The second-order valence-electron chi connectivity index (χ2n) is 5.32. The van der Waals surface area contributed by atoms with Crippen molar-refractivity contribution in [1.82, 2.24) is 0 Å². The molecular formula is C18H20O3. The first kappa shape index (κ1) is 15.1. The normalized spacial score (nSPS) is 12.0. The van der Waals surface area contributed by atoms with Crippen molar-refractivity contribution in [2.24, 2.45) is 0 Å². The molecule has 110 valence electrons. The molecule has 0 fully saturated rings. The molecule has 0 spiro atoms. The summed E-state index contributed by atoms with van der Waals surface area (Å²) >= 11 is 0. The minimum Gasteiger partial charge on any atom is -0.478 e. The van der Waals surface area contributed by atoms with Gasteiger partial charge in [0.1, 0.15) is 5.75 Å². The van der Waals surface area contributed by atoms with E-state index in [1.54, 1.807) is 0 Å². The summed E-state index contributed by atoms with van der Waals surface area (Å²) < 4.78 is 5.67. The fourth-order valence-electron chi connectivity index (χ4n) is 2.17. The Morgan fingerprint density at radius 1 is 1.05 bits per heavy atom. The summed E-state index contributed by atoms with van der Waals surface area (Å²) in [7, 11) is 0. The van der Waals surface area contributed by atoms with Crippen LogP contribution in [0.3, 0.4) is 0 Å². The average molecular weight is 284 g/mol. The molecule has 0 saturated carbocycles. The Bertz CT molecular complexity index is 647. The van der Waals surface area contributed by atoms with Crippen molar-refractivity contribution < 1.29 is 14.6 Å². The number of hydrogen-bond acceptors (Lipinski definition) is 2. The van der Waals surface area contributed by atoms with E-state index in [1.165, 1.54) is 0 Å². The van der Waals surface area contributed by atoms with Crippen LogP contribution in [0.1, 0.15) is 22.3 Å². The van der Waals surface area contributed by atoms with Gasteiger partial charge in [-0.15, -0.1) is 0 Å². The van der Waals surface area contributed by atoms with Gasteiger partial charge in [0.05, 0.1) is 0 Å². The van der Waals surface area contributed by atoms with Gasteiger partial charge in [0.25, 0.3) is 0 Å². The van der Waals surface area contributed by atoms with Crippen LogP contribution in [0.4, 0.5) is 0 Å². The van der Waals surface area contributed by atoms with Gasteiger partial charge in [-0.05, 0) is 55.2 Å². The maximum Gasteiger partial charge on any atom is 0.345 e. The lowest BCUT2D eigenvalue weighted by atomic mass is 10.0. The Labute approximate surface area is 125 Å². The zero-order chi connectivity index (χ0) is 15.4. The van der Waals surface area contributed by atoms with Gasteiger partial charge < -0.3 is 9.84 Å². The molecule has 0 aromatic heterocycles. The monoisotopic (exact) mass is 284 g/mol. The van der Waals surface area contributed by atoms with Crippen molar-refractivity contribution in [2.45, 2.75) is 33.3 Å². The van der Waals surface area contributed by atoms with Crippen LogP contribution in [0.5, 0.6) is 5.75 Å². The van der Waals surface area contributed by atoms with E-state index in [0.717, 1.165) is 22.3 Å². The van der Waals surface area contributed by atoms with Crippen molar-refractivity contribution in [3.05, 3.63) is 64.7 Å². The second kappa shape index (κ2) is 6.44. The summed E-state index contributed by atoms with van der Waals surface area (Å²) in [6, 6.07) is 13.4. The molecule has 0 amide bonds. The first-order valence-corrected chi connectivity index (χ1v) is 6.98. The standard InChI is InChI=1S/C18H20O3/c1-12-8-9-16(10-14(12)3)21-17(18(19)20)11-15-7-5-4-6-13(15)2/h4-10,17H,11H2,1-3H3,(H,19,20). The average Bonchev–Trinajstić information content (AvgIpc) is 2.44. The number of benzene rings is 2. The van der Waals surface area contributed by atoms with Crippen molar-refractivity contribution >= 4 is 5.97 Å². The van der Waals surface area contributed by atoms with Crippen LogP contribution >= 0.6 is 0 Å². The van der Waals surface area contributed by atoms with Crippen LogP contribution in [-0.2, 0) is 11.2 Å². The Morgan fingerprint density at radius 3 is 2.38 bits per heavy atom. The van der Waals surface area contributed by atoms with E-state index in [9.17, 15) is 9.90 Å². The molecule has 3 heteroatoms. The second-order valence-corrected chi connectivity index (χ2v) is 5.32. The number of rotatable bonds is 5. The maximum absolute atomic E-state index is 11.4. The van der Waals surface area contributed by atoms with Crippen LogP contribution in [0.25, 0.3) is 0 Å². The molecule has 0 aliphatic carbocycles. The fraction of sp³-hybridized carbons (Fsp3) is 0.278. The summed E-state index contributed by atoms with van der Waals surface area (Å²) in [5, 5.41) is 9.39. The first-order valence-electron chi connectivity index (χ1n) is 6.98. The summed E-state index contributed by atoms with van der Waals surface area (Å²) in [5.41, 5.74) is 4.32. The SMILES string of the molecule is Cc1ccc(OC(Cc2ccccc2C)C(=O)O)cc1C. The van der Waals surface area contributed by atoms with Crippen LogP contribution < -0.4 is 4.74 Å². The molecule has 3 nitrogen and oxygen atoms in total. The van der Waals surface area contributed by atoms with Gasteiger partial charge in [0, 0.05) is 6.42 Å². The molecule has 0 radical (unpaired) electrons. The summed E-state index contributed by atoms with van der Waals surface area (Å²) in [6.07, 6.45) is -0.525. The Hall–Kier alpha value is -2.29. The van der Waals surface area contributed by atoms with Gasteiger partial charge in [-0.1, -0.05) is 30.3 Å². The lowest BCUT2D eigenvalue weighted by molar-refractivity contribution is -0.145. The highest BCUT2D eigenvalue weighted by Crippen LogP contribution is 2.20. The topological polar surface area (TPSA) is 46.5 Å². The third-order valence-corrected chi connectivity index (χ3v) is 3.70. The number of hydrogen-bond donors (Lipinski definition) is 1. The number of aliphatic carboxylic acids is 1. The molecular weight excluding hydrogens is 264 g/mol. The summed E-state index contributed by atoms with van der Waals surface area (Å²) in [6.45, 7) is 5.98. The van der Waals surface area contributed by atoms with Crippen LogP contribution in [0.2, 0.25) is 0 Å². The minimum atomic E-state index is -0.948. The smallest absolute Gasteiger partial charge is 0.345 e. The van der Waals surface area contributed by atoms with Gasteiger partial charge in [0.15, 0.2) is 6.10 Å². The van der Waals surface area contributed by atoms with Crippen molar-refractivity contribution in [1.29, 1.82) is 0 Å². The Kier molecular flexibility index (Phi) is 4.63. The number of carboxylic acid groups (broad SMARTS) is 1. The van der Waals surface area contributed by atoms with Gasteiger partial charge in [-0.2, -0.15) is 0 Å². The van der Waals surface area contributed by atoms with Crippen molar-refractivity contribution in [3.8, 4) is 5.75 Å². The van der Waals surface area contributed by atoms with E-state index < -0.39 is 12.1 Å². The van der Waals surface area contributed by atoms with Crippen LogP contribution in [0, 0.1) is 20.8 Å². The largest absolute Gasteiger partial charge is 0.478 e. The third-order valence-electron chi connectivity index (χ3n) is 3.70. The van der Waals surface area contributed by atoms with Crippen molar-refractivity contribution in [2.75, 3.05) is 0 Å². The maximum atomic E-state index is 11.4. The molecule has 1 atom stereocenters. The number of carboxylic acids is 1. The highest BCUT2D eigenvalue weighted by atomic mass is 16.5. The van der Waals surface area contributed by atoms with Gasteiger partial charge in [-0.25, -0.2) is 4.79 Å². The lowest BCUT2D eigenvalue weighted by Gasteiger charge is -2.17. The number of ether oxygens (including phenoxy) is 1. The molecule has 0 aliphatic heterocycles. The lowest BCUT2D eigenvalue weighted by Crippen LogP contribution is -2.29. The summed E-state index contributed by atoms with van der Waals surface area (Å²) in [4.78, 5) is 11.4. The van der Waals surface area contributed by atoms with Crippen LogP contribution in [-0.4, -0.2) is 17.2 Å². The van der Waals surface area contributed by atoms with Crippen molar-refractivity contribution in [3.63, 3.8) is 0 Å². The van der Waals surface area contributed by atoms with Gasteiger partial charge >= 0.3 is 5.97 Å². The molecule has 0 heterocycles. The quantitative estimate of drug-likeness (QED) is 0.911. The Balaban J connectivity index is 2.18. The highest BCUT2D eigenvalue weighted by Gasteiger charge is 2.21. The van der Waals surface area contributed by atoms with E-state index in [-0.39, 0.29) is 0 Å². The number of aryl methyl sites for hydroxylation is 3. The highest BCUT2D eigenvalue weighted by molar-refractivity contribution is 5.73. The Morgan fingerprint density at radius 2 is 1.76 bits per heavy atom. The van der Waals surface area contributed by atoms with Gasteiger partial charge in [-0.3, -0.25) is 0 Å². The molecule has 0 bridgehead atoms. The zero-order valence-corrected chi connectivity index (χ0v) is 12.6. The molecule has 0 saturated heterocycles. The molecule has 1 N–H and O–H groups in total. The zero-order valence-electron chi connectivity index (χ0n) is 12.6. The minimum absolute atomic E-state index is 0.356. The molecule has 1 unspecified atom stereocenters. The van der Waals surface area contributed by atoms with Gasteiger partial charge in [0.2, 0.25) is 0 Å². The van der Waals surface area contributed by atoms with E-state index >= 15 is 0 Å². The summed E-state index contributed by atoms with van der Waals surface area (Å²) in [5.74, 6) is -0.351. The van der Waals surface area contributed by atoms with Crippen LogP contribution in [0.15, 0.2) is 42.5 Å². The van der Waals surface area contributed by atoms with E-state index in [2.05, 4.69) is 0 Å².